The van der Waals surface area contributed by atoms with Crippen molar-refractivity contribution in [2.24, 2.45) is 0 Å². The smallest absolute Gasteiger partial charge is 0.0717 e. The van der Waals surface area contributed by atoms with Crippen molar-refractivity contribution in [3.63, 3.8) is 0 Å². The van der Waals surface area contributed by atoms with Gasteiger partial charge in [0.15, 0.2) is 0 Å². The van der Waals surface area contributed by atoms with E-state index >= 15 is 0 Å². The second kappa shape index (κ2) is 5.63. The van der Waals surface area contributed by atoms with Crippen molar-refractivity contribution in [2.75, 3.05) is 0 Å². The minimum absolute atomic E-state index is 1.40. The second-order valence-electron chi connectivity index (χ2n) is 4.50. The molecule has 0 saturated heterocycles. The van der Waals surface area contributed by atoms with Crippen LogP contribution in [0.25, 0.3) is 0 Å². The van der Waals surface area contributed by atoms with Crippen molar-refractivity contribution in [2.45, 2.75) is 23.6 Å². The summed E-state index contributed by atoms with van der Waals surface area (Å²) in [5.74, 6) is 0. The molecular weight excluding hydrogens is 361 g/mol. The van der Waals surface area contributed by atoms with Crippen LogP contribution in [0.2, 0.25) is 0 Å². The lowest BCUT2D eigenvalue weighted by molar-refractivity contribution is 1.27. The molecule has 0 atom stereocenters. The van der Waals surface area contributed by atoms with Crippen molar-refractivity contribution < 1.29 is 0 Å². The van der Waals surface area contributed by atoms with Crippen LogP contribution in [-0.2, 0) is 0 Å². The zero-order chi connectivity index (χ0) is 13.7. The summed E-state index contributed by atoms with van der Waals surface area (Å²) in [6, 6.07) is 8.69. The van der Waals surface area contributed by atoms with Gasteiger partial charge in [-0.25, -0.2) is 0 Å². The first-order chi connectivity index (χ1) is 9.70. The number of hydrogen-bond acceptors (Lipinski definition) is 6. The van der Waals surface area contributed by atoms with E-state index in [1.54, 1.807) is 0 Å². The minimum Gasteiger partial charge on any atom is -0.0798 e. The van der Waals surface area contributed by atoms with E-state index in [4.69, 9.17) is 0 Å². The predicted molar refractivity (Wildman–Crippen MR) is 101 cm³/mol. The zero-order valence-corrected chi connectivity index (χ0v) is 15.7. The van der Waals surface area contributed by atoms with Gasteiger partial charge in [-0.1, -0.05) is 88.3 Å². The van der Waals surface area contributed by atoms with Gasteiger partial charge >= 0.3 is 0 Å². The lowest BCUT2D eigenvalue weighted by Crippen LogP contribution is -1.72. The summed E-state index contributed by atoms with van der Waals surface area (Å²) in [6.07, 6.45) is 0. The van der Waals surface area contributed by atoms with Crippen molar-refractivity contribution in [3.05, 3.63) is 51.0 Å². The van der Waals surface area contributed by atoms with E-state index in [2.05, 4.69) is 38.1 Å². The van der Waals surface area contributed by atoms with Crippen LogP contribution in [0.4, 0.5) is 0 Å². The van der Waals surface area contributed by atoms with Crippen LogP contribution in [0.15, 0.2) is 60.8 Å². The molecule has 0 bridgehead atoms. The predicted octanol–water partition coefficient (Wildman–Crippen LogP) is 7.35. The summed E-state index contributed by atoms with van der Waals surface area (Å²) in [5.41, 5.74) is 1.43. The molecule has 3 aliphatic rings. The van der Waals surface area contributed by atoms with E-state index in [9.17, 15) is 0 Å². The van der Waals surface area contributed by atoms with Gasteiger partial charge in [0, 0.05) is 14.0 Å². The van der Waals surface area contributed by atoms with E-state index in [-0.39, 0.29) is 0 Å². The molecule has 3 aliphatic heterocycles. The quantitative estimate of drug-likeness (QED) is 0.465. The van der Waals surface area contributed by atoms with Crippen LogP contribution in [-0.4, -0.2) is 0 Å². The Morgan fingerprint density at radius 1 is 0.650 bits per heavy atom. The average molecular weight is 371 g/mol. The van der Waals surface area contributed by atoms with Gasteiger partial charge in [0.05, 0.1) is 16.9 Å². The summed E-state index contributed by atoms with van der Waals surface area (Å²) in [7, 11) is 0. The molecule has 102 valence electrons. The van der Waals surface area contributed by atoms with E-state index in [1.807, 2.05) is 70.6 Å². The van der Waals surface area contributed by atoms with Gasteiger partial charge in [-0.3, -0.25) is 0 Å². The topological polar surface area (TPSA) is 0 Å². The van der Waals surface area contributed by atoms with E-state index in [1.165, 1.54) is 36.5 Å². The van der Waals surface area contributed by atoms with Gasteiger partial charge in [-0.05, 0) is 26.0 Å². The Morgan fingerprint density at radius 3 is 1.60 bits per heavy atom. The number of hydrogen-bond donors (Lipinski definition) is 0. The molecule has 4 rings (SSSR count). The third kappa shape index (κ3) is 2.52. The molecule has 20 heavy (non-hydrogen) atoms. The molecule has 1 aromatic rings. The van der Waals surface area contributed by atoms with Gasteiger partial charge in [-0.2, -0.15) is 0 Å². The molecule has 0 amide bonds. The Kier molecular flexibility index (Phi) is 3.98. The summed E-state index contributed by atoms with van der Waals surface area (Å²) >= 11 is 11.7. The SMILES string of the molecule is CC(C)=C1SC2=C(S1)SC(=C1Sc3ccccc3S1)S2. The molecule has 0 unspecified atom stereocenters. The van der Waals surface area contributed by atoms with Crippen molar-refractivity contribution in [1.82, 2.24) is 0 Å². The Hall–Kier alpha value is 0.540. The van der Waals surface area contributed by atoms with Crippen LogP contribution in [0.3, 0.4) is 0 Å². The molecule has 0 fully saturated rings. The molecule has 6 heteroatoms. The molecule has 0 nitrogen and oxygen atoms in total. The minimum atomic E-state index is 1.40. The summed E-state index contributed by atoms with van der Waals surface area (Å²) < 4.78 is 7.35. The number of fused-ring (bicyclic) bond motifs is 1. The molecule has 0 spiro atoms. The maximum absolute atomic E-state index is 2.22. The summed E-state index contributed by atoms with van der Waals surface area (Å²) in [4.78, 5) is 2.80. The summed E-state index contributed by atoms with van der Waals surface area (Å²) in [5, 5.41) is 0. The number of allylic oxidation sites excluding steroid dienone is 1. The number of rotatable bonds is 0. The third-order valence-electron chi connectivity index (χ3n) is 2.74. The molecular formula is C14H10S6. The Bertz CT molecular complexity index is 644. The summed E-state index contributed by atoms with van der Waals surface area (Å²) in [6.45, 7) is 4.40. The van der Waals surface area contributed by atoms with Gasteiger partial charge in [-0.15, -0.1) is 0 Å². The molecule has 0 aliphatic carbocycles. The van der Waals surface area contributed by atoms with E-state index in [0.717, 1.165) is 0 Å². The van der Waals surface area contributed by atoms with Crippen LogP contribution in [0.1, 0.15) is 13.8 Å². The molecule has 0 radical (unpaired) electrons. The van der Waals surface area contributed by atoms with Crippen LogP contribution in [0.5, 0.6) is 0 Å². The van der Waals surface area contributed by atoms with Crippen molar-refractivity contribution >= 4 is 70.6 Å². The number of benzene rings is 1. The van der Waals surface area contributed by atoms with Crippen LogP contribution >= 0.6 is 70.6 Å². The van der Waals surface area contributed by atoms with Crippen molar-refractivity contribution in [3.8, 4) is 0 Å². The fourth-order valence-corrected chi connectivity index (χ4v) is 10.8. The molecule has 0 saturated carbocycles. The Balaban J connectivity index is 1.56. The van der Waals surface area contributed by atoms with E-state index < -0.39 is 0 Å². The molecule has 0 N–H and O–H groups in total. The fraction of sp³-hybridized carbons (Fsp3) is 0.143. The van der Waals surface area contributed by atoms with Gasteiger partial charge in [0.25, 0.3) is 0 Å². The van der Waals surface area contributed by atoms with Crippen LogP contribution < -0.4 is 0 Å². The number of thioether (sulfide) groups is 6. The fourth-order valence-electron chi connectivity index (χ4n) is 1.80. The monoisotopic (exact) mass is 370 g/mol. The highest BCUT2D eigenvalue weighted by molar-refractivity contribution is 8.48. The lowest BCUT2D eigenvalue weighted by Gasteiger charge is -2.05. The van der Waals surface area contributed by atoms with Gasteiger partial charge in [0.1, 0.15) is 0 Å². The molecule has 0 aromatic heterocycles. The highest BCUT2D eigenvalue weighted by Crippen LogP contribution is 2.70. The average Bonchev–Trinajstić information content (AvgIpc) is 3.09. The highest BCUT2D eigenvalue weighted by Gasteiger charge is 2.33. The zero-order valence-electron chi connectivity index (χ0n) is 10.8. The maximum Gasteiger partial charge on any atom is 0.0717 e. The largest absolute Gasteiger partial charge is 0.0798 e. The Labute approximate surface area is 144 Å². The molecule has 1 aromatic carbocycles. The van der Waals surface area contributed by atoms with Crippen LogP contribution in [0, 0.1) is 0 Å². The second-order valence-corrected chi connectivity index (χ2v) is 12.0. The van der Waals surface area contributed by atoms with Crippen molar-refractivity contribution in [1.29, 1.82) is 0 Å². The maximum atomic E-state index is 2.22. The standard InChI is InChI=1S/C14H10S6/c1-7(2)10-17-13-14(18-10)20-12(19-13)11-15-8-5-3-4-6-9(8)16-11/h3-6H,1-2H3. The first-order valence-corrected chi connectivity index (χ1v) is 10.9. The van der Waals surface area contributed by atoms with E-state index in [0.29, 0.717) is 0 Å². The van der Waals surface area contributed by atoms with Gasteiger partial charge < -0.3 is 0 Å². The third-order valence-corrected chi connectivity index (χ3v) is 11.9. The first kappa shape index (κ1) is 14.2. The lowest BCUT2D eigenvalue weighted by atomic mass is 10.4. The Morgan fingerprint density at radius 2 is 1.10 bits per heavy atom. The normalized spacial score (nSPS) is 20.8. The highest BCUT2D eigenvalue weighted by atomic mass is 32.3. The first-order valence-electron chi connectivity index (χ1n) is 6.03. The van der Waals surface area contributed by atoms with Gasteiger partial charge in [0.2, 0.25) is 0 Å². The molecule has 3 heterocycles.